The van der Waals surface area contributed by atoms with E-state index in [9.17, 15) is 97.4 Å². The Morgan fingerprint density at radius 1 is 0.441 bits per heavy atom. The lowest BCUT2D eigenvalue weighted by Crippen LogP contribution is -2.71. The van der Waals surface area contributed by atoms with E-state index in [2.05, 4.69) is 0 Å². The van der Waals surface area contributed by atoms with Crippen molar-refractivity contribution in [2.75, 3.05) is 0 Å². The zero-order valence-corrected chi connectivity index (χ0v) is 14.5. The Morgan fingerprint density at radius 2 is 0.735 bits per heavy atom. The second-order valence-corrected chi connectivity index (χ2v) is 5.96. The lowest BCUT2D eigenvalue weighted by Gasteiger charge is -2.38. The van der Waals surface area contributed by atoms with Gasteiger partial charge in [-0.05, 0) is 0 Å². The number of hydrogen-bond acceptors (Lipinski definition) is 2. The molecule has 1 unspecified atom stereocenters. The first-order valence-corrected chi connectivity index (χ1v) is 7.14. The number of hydrogen-bond donors (Lipinski definition) is 0. The monoisotopic (exact) mass is 558 g/mol. The van der Waals surface area contributed by atoms with Crippen LogP contribution < -0.4 is 0 Å². The maximum atomic E-state index is 13.3. The molecule has 0 aliphatic rings. The number of halogens is 20. The third kappa shape index (κ3) is 4.13. The second kappa shape index (κ2) is 8.26. The van der Waals surface area contributed by atoms with Gasteiger partial charge in [-0.25, -0.2) is 13.2 Å². The molecule has 0 amide bonds. The van der Waals surface area contributed by atoms with Crippen molar-refractivity contribution in [2.24, 2.45) is 0 Å². The van der Waals surface area contributed by atoms with Gasteiger partial charge in [0.15, 0.2) is 0 Å². The van der Waals surface area contributed by atoms with Crippen molar-refractivity contribution in [3.63, 3.8) is 0 Å². The van der Waals surface area contributed by atoms with Crippen molar-refractivity contribution in [2.45, 2.75) is 60.2 Å². The summed E-state index contributed by atoms with van der Waals surface area (Å²) < 4.78 is 254. The first kappa shape index (κ1) is 31.9. The normalized spacial score (nSPS) is 16.6. The molecule has 0 aromatic carbocycles. The quantitative estimate of drug-likeness (QED) is 0.254. The fourth-order valence-electron chi connectivity index (χ4n) is 1.67. The molecule has 0 saturated heterocycles. The zero-order valence-electron chi connectivity index (χ0n) is 14.5. The van der Waals surface area contributed by atoms with E-state index in [1.54, 1.807) is 0 Å². The smallest absolute Gasteiger partial charge is 0.289 e. The van der Waals surface area contributed by atoms with Gasteiger partial charge >= 0.3 is 54.1 Å². The maximum absolute atomic E-state index is 13.3. The van der Waals surface area contributed by atoms with Crippen molar-refractivity contribution in [1.82, 2.24) is 0 Å². The molecule has 0 saturated carbocycles. The topological polar surface area (TPSA) is 34.1 Å². The van der Waals surface area contributed by atoms with Gasteiger partial charge in [0.1, 0.15) is 0 Å². The van der Waals surface area contributed by atoms with Crippen LogP contribution in [0, 0.1) is 0 Å². The van der Waals surface area contributed by atoms with E-state index in [0.29, 0.717) is 0 Å². The SMILES string of the molecule is O=C(C(F)C(=O)C(F)(F)C(F)(F)C(F)(F)C(F)(F)C(F)(F)C(F)F)C(F)(F)C(F)(F)C(F)(F)F. The molecule has 34 heavy (non-hydrogen) atoms. The van der Waals surface area contributed by atoms with Gasteiger partial charge in [-0.1, -0.05) is 0 Å². The molecule has 1 atom stereocenters. The van der Waals surface area contributed by atoms with Crippen LogP contribution in [0.5, 0.6) is 0 Å². The van der Waals surface area contributed by atoms with Crippen LogP contribution in [-0.2, 0) is 9.59 Å². The summed E-state index contributed by atoms with van der Waals surface area (Å²) in [4.78, 5) is 21.5. The molecule has 0 aromatic rings. The first-order valence-electron chi connectivity index (χ1n) is 7.14. The summed E-state index contributed by atoms with van der Waals surface area (Å²) in [6.45, 7) is 0. The second-order valence-electron chi connectivity index (χ2n) is 5.96. The Bertz CT molecular complexity index is 792. The molecular formula is C12H2F20O2. The number of carbonyl (C=O) groups is 2. The van der Waals surface area contributed by atoms with Crippen LogP contribution in [0.15, 0.2) is 0 Å². The van der Waals surface area contributed by atoms with E-state index >= 15 is 0 Å². The van der Waals surface area contributed by atoms with Gasteiger partial charge in [-0.15, -0.1) is 0 Å². The average molecular weight is 558 g/mol. The van der Waals surface area contributed by atoms with Crippen molar-refractivity contribution >= 4 is 11.6 Å². The van der Waals surface area contributed by atoms with Gasteiger partial charge in [0, 0.05) is 0 Å². The molecule has 0 N–H and O–H groups in total. The Hall–Kier alpha value is -2.06. The third-order valence-electron chi connectivity index (χ3n) is 3.71. The zero-order chi connectivity index (χ0) is 28.3. The highest BCUT2D eigenvalue weighted by Crippen LogP contribution is 2.58. The summed E-state index contributed by atoms with van der Waals surface area (Å²) in [5.41, 5.74) is 0. The Labute approximate surface area is 170 Å². The third-order valence-corrected chi connectivity index (χ3v) is 3.71. The lowest BCUT2D eigenvalue weighted by atomic mass is 9.89. The predicted molar refractivity (Wildman–Crippen MR) is 61.6 cm³/mol. The number of alkyl halides is 20. The minimum atomic E-state index is -8.51. The number of ketones is 2. The summed E-state index contributed by atoms with van der Waals surface area (Å²) in [5.74, 6) is -66.3. The van der Waals surface area contributed by atoms with Crippen LogP contribution in [0.25, 0.3) is 0 Å². The van der Waals surface area contributed by atoms with E-state index in [0.717, 1.165) is 0 Å². The van der Waals surface area contributed by atoms with E-state index < -0.39 is 71.8 Å². The largest absolute Gasteiger partial charge is 0.460 e. The van der Waals surface area contributed by atoms with Gasteiger partial charge in [-0.3, -0.25) is 9.59 Å². The minimum absolute atomic E-state index is 4.93. The van der Waals surface area contributed by atoms with Crippen LogP contribution in [0.1, 0.15) is 0 Å². The molecule has 22 heteroatoms. The van der Waals surface area contributed by atoms with Gasteiger partial charge in [0.2, 0.25) is 17.7 Å². The van der Waals surface area contributed by atoms with E-state index in [-0.39, 0.29) is 0 Å². The fourth-order valence-corrected chi connectivity index (χ4v) is 1.67. The molecule has 0 aromatic heterocycles. The van der Waals surface area contributed by atoms with Gasteiger partial charge in [0.05, 0.1) is 0 Å². The van der Waals surface area contributed by atoms with Crippen molar-refractivity contribution in [3.05, 3.63) is 0 Å². The van der Waals surface area contributed by atoms with E-state index in [1.165, 1.54) is 0 Å². The van der Waals surface area contributed by atoms with Gasteiger partial charge in [0.25, 0.3) is 0 Å². The highest BCUT2D eigenvalue weighted by Gasteiger charge is 2.89. The first-order chi connectivity index (χ1) is 14.4. The molecule has 0 heterocycles. The summed E-state index contributed by atoms with van der Waals surface area (Å²) >= 11 is 0. The van der Waals surface area contributed by atoms with E-state index in [1.807, 2.05) is 0 Å². The molecule has 0 radical (unpaired) electrons. The number of carbonyl (C=O) groups excluding carboxylic acids is 2. The highest BCUT2D eigenvalue weighted by molar-refractivity contribution is 6.11. The van der Waals surface area contributed by atoms with Crippen LogP contribution >= 0.6 is 0 Å². The highest BCUT2D eigenvalue weighted by atomic mass is 19.4. The molecule has 0 spiro atoms. The molecule has 0 aliphatic carbocycles. The number of Topliss-reactive ketones (excluding diaryl/α,β-unsaturated/α-hetero) is 2. The van der Waals surface area contributed by atoms with Crippen LogP contribution in [0.2, 0.25) is 0 Å². The van der Waals surface area contributed by atoms with Crippen molar-refractivity contribution in [3.8, 4) is 0 Å². The summed E-state index contributed by atoms with van der Waals surface area (Å²) in [5, 5.41) is 0. The molecule has 0 fully saturated rings. The van der Waals surface area contributed by atoms with E-state index in [4.69, 9.17) is 0 Å². The summed E-state index contributed by atoms with van der Waals surface area (Å²) in [7, 11) is 0. The standard InChI is InChI=1S/C12H2F20O2/c13-1(3(34)6(18,19)10(26,27)12(30,31)32)2(33)5(16,17)8(22,23)11(28,29)9(24,25)7(20,21)4(14)15/h1,4H. The van der Waals surface area contributed by atoms with Crippen LogP contribution in [0.3, 0.4) is 0 Å². The van der Waals surface area contributed by atoms with Gasteiger partial charge < -0.3 is 0 Å². The molecule has 0 bridgehead atoms. The van der Waals surface area contributed by atoms with Crippen molar-refractivity contribution < 1.29 is 97.4 Å². The molecule has 202 valence electrons. The Morgan fingerprint density at radius 3 is 1.00 bits per heavy atom. The average Bonchev–Trinajstić information content (AvgIpc) is 2.63. The Balaban J connectivity index is 6.54. The van der Waals surface area contributed by atoms with Crippen LogP contribution in [0.4, 0.5) is 87.8 Å². The number of rotatable bonds is 10. The Kier molecular flexibility index (Phi) is 7.76. The minimum Gasteiger partial charge on any atom is -0.289 e. The maximum Gasteiger partial charge on any atom is 0.460 e. The lowest BCUT2D eigenvalue weighted by molar-refractivity contribution is -0.407. The van der Waals surface area contributed by atoms with Crippen molar-refractivity contribution in [1.29, 1.82) is 0 Å². The molecule has 2 nitrogen and oxygen atoms in total. The van der Waals surface area contributed by atoms with Crippen LogP contribution in [-0.4, -0.2) is 71.8 Å². The fraction of sp³-hybridized carbons (Fsp3) is 0.833. The van der Waals surface area contributed by atoms with Gasteiger partial charge in [-0.2, -0.15) is 74.6 Å². The molecular weight excluding hydrogens is 556 g/mol. The molecule has 0 rings (SSSR count). The predicted octanol–water partition coefficient (Wildman–Crippen LogP) is 5.74. The summed E-state index contributed by atoms with van der Waals surface area (Å²) in [6, 6.07) is 0. The molecule has 0 aliphatic heterocycles. The summed E-state index contributed by atoms with van der Waals surface area (Å²) in [6.07, 6.45) is -19.6.